The zero-order valence-electron chi connectivity index (χ0n) is 11.5. The molecule has 5 nitrogen and oxygen atoms in total. The molecule has 0 N–H and O–H groups in total. The minimum atomic E-state index is -2.86. The van der Waals surface area contributed by atoms with E-state index >= 15 is 0 Å². The second kappa shape index (κ2) is 8.06. The van der Waals surface area contributed by atoms with Gasteiger partial charge in [-0.05, 0) is 32.9 Å². The topological polar surface area (TPSA) is 54.0 Å². The van der Waals surface area contributed by atoms with Crippen LogP contribution < -0.4 is 9.92 Å². The summed E-state index contributed by atoms with van der Waals surface area (Å²) in [5, 5.41) is 0.858. The van der Waals surface area contributed by atoms with Gasteiger partial charge < -0.3 is 18.0 Å². The summed E-state index contributed by atoms with van der Waals surface area (Å²) in [5.41, 5.74) is 0. The first-order chi connectivity index (χ1) is 9.22. The van der Waals surface area contributed by atoms with E-state index in [2.05, 4.69) is 0 Å². The normalized spacial score (nSPS) is 11.3. The number of ether oxygens (including phenoxy) is 1. The second-order valence-electron chi connectivity index (χ2n) is 3.59. The van der Waals surface area contributed by atoms with Crippen LogP contribution in [0.3, 0.4) is 0 Å². The average molecular weight is 284 g/mol. The highest BCUT2D eigenvalue weighted by Gasteiger charge is 2.43. The van der Waals surface area contributed by atoms with E-state index in [1.165, 1.54) is 0 Å². The Kier molecular flexibility index (Phi) is 6.72. The lowest BCUT2D eigenvalue weighted by atomic mass is 10.3. The van der Waals surface area contributed by atoms with E-state index in [9.17, 15) is 4.79 Å². The molecular weight excluding hydrogens is 264 g/mol. The van der Waals surface area contributed by atoms with E-state index in [1.807, 2.05) is 32.9 Å². The Labute approximate surface area is 114 Å². The second-order valence-corrected chi connectivity index (χ2v) is 6.15. The lowest BCUT2D eigenvalue weighted by Gasteiger charge is -2.28. The summed E-state index contributed by atoms with van der Waals surface area (Å²) in [6, 6.07) is 7.02. The number of benzene rings is 1. The number of carbonyl (C=O) groups excluding carboxylic acids is 1. The highest BCUT2D eigenvalue weighted by atomic mass is 28.4. The summed E-state index contributed by atoms with van der Waals surface area (Å²) in [6.07, 6.45) is 0. The van der Waals surface area contributed by atoms with Crippen molar-refractivity contribution in [2.45, 2.75) is 20.8 Å². The smallest absolute Gasteiger partial charge is 0.429 e. The molecular formula is C13H20O5Si. The van der Waals surface area contributed by atoms with Gasteiger partial charge in [-0.1, -0.05) is 12.1 Å². The van der Waals surface area contributed by atoms with Gasteiger partial charge in [0.25, 0.3) is 6.47 Å². The molecule has 0 aliphatic heterocycles. The van der Waals surface area contributed by atoms with Gasteiger partial charge in [0.1, 0.15) is 5.75 Å². The van der Waals surface area contributed by atoms with Gasteiger partial charge in [0.2, 0.25) is 0 Å². The highest BCUT2D eigenvalue weighted by Crippen LogP contribution is 2.14. The summed E-state index contributed by atoms with van der Waals surface area (Å²) in [4.78, 5) is 10.3. The van der Waals surface area contributed by atoms with Crippen LogP contribution in [-0.4, -0.2) is 35.1 Å². The third-order valence-corrected chi connectivity index (χ3v) is 5.44. The summed E-state index contributed by atoms with van der Waals surface area (Å²) >= 11 is 0. The van der Waals surface area contributed by atoms with E-state index in [0.29, 0.717) is 32.0 Å². The molecule has 0 saturated carbocycles. The zero-order chi connectivity index (χ0) is 14.1. The molecule has 0 bridgehead atoms. The summed E-state index contributed by atoms with van der Waals surface area (Å²) in [7, 11) is -2.86. The molecule has 1 aromatic carbocycles. The van der Waals surface area contributed by atoms with Crippen molar-refractivity contribution >= 4 is 20.5 Å². The molecule has 0 radical (unpaired) electrons. The fraction of sp³-hybridized carbons (Fsp3) is 0.462. The van der Waals surface area contributed by atoms with Crippen molar-refractivity contribution in [3.05, 3.63) is 24.3 Å². The summed E-state index contributed by atoms with van der Waals surface area (Å²) in [5.74, 6) is 0.478. The lowest BCUT2D eigenvalue weighted by molar-refractivity contribution is -0.120. The van der Waals surface area contributed by atoms with Crippen LogP contribution in [0.4, 0.5) is 0 Å². The Morgan fingerprint density at radius 3 is 1.79 bits per heavy atom. The minimum Gasteiger partial charge on any atom is -0.429 e. The van der Waals surface area contributed by atoms with Crippen LogP contribution in [-0.2, 0) is 18.1 Å². The average Bonchev–Trinajstić information content (AvgIpc) is 2.41. The van der Waals surface area contributed by atoms with Crippen LogP contribution >= 0.6 is 0 Å². The molecule has 0 spiro atoms. The van der Waals surface area contributed by atoms with Crippen LogP contribution in [0.1, 0.15) is 20.8 Å². The molecule has 0 heterocycles. The van der Waals surface area contributed by atoms with Crippen molar-refractivity contribution in [1.29, 1.82) is 0 Å². The maximum absolute atomic E-state index is 10.3. The predicted molar refractivity (Wildman–Crippen MR) is 73.4 cm³/mol. The standard InChI is InChI=1S/C13H20O5Si/c1-4-16-19(17-5-2,18-6-3)13-9-7-12(8-10-13)15-11-14/h7-11H,4-6H2,1-3H3. The van der Waals surface area contributed by atoms with Crippen molar-refractivity contribution in [3.63, 3.8) is 0 Å². The number of rotatable bonds is 9. The molecule has 0 aliphatic rings. The van der Waals surface area contributed by atoms with Crippen LogP contribution in [0.2, 0.25) is 0 Å². The molecule has 0 aliphatic carbocycles. The number of hydrogen-bond donors (Lipinski definition) is 0. The predicted octanol–water partition coefficient (Wildman–Crippen LogP) is 1.48. The minimum absolute atomic E-state index is 0.396. The molecule has 6 heteroatoms. The fourth-order valence-electron chi connectivity index (χ4n) is 1.74. The van der Waals surface area contributed by atoms with Crippen LogP contribution in [0.25, 0.3) is 0 Å². The number of carbonyl (C=O) groups is 1. The first-order valence-electron chi connectivity index (χ1n) is 6.35. The number of hydrogen-bond acceptors (Lipinski definition) is 5. The maximum Gasteiger partial charge on any atom is 0.537 e. The summed E-state index contributed by atoms with van der Waals surface area (Å²) in [6.45, 7) is 7.65. The van der Waals surface area contributed by atoms with Crippen molar-refractivity contribution in [2.75, 3.05) is 19.8 Å². The van der Waals surface area contributed by atoms with Gasteiger partial charge >= 0.3 is 8.80 Å². The van der Waals surface area contributed by atoms with E-state index < -0.39 is 8.80 Å². The molecule has 0 unspecified atom stereocenters. The molecule has 0 aromatic heterocycles. The zero-order valence-corrected chi connectivity index (χ0v) is 12.5. The Morgan fingerprint density at radius 2 is 1.42 bits per heavy atom. The molecule has 1 aromatic rings. The Bertz CT molecular complexity index is 362. The van der Waals surface area contributed by atoms with Gasteiger partial charge in [-0.3, -0.25) is 4.79 Å². The van der Waals surface area contributed by atoms with E-state index in [-0.39, 0.29) is 0 Å². The van der Waals surface area contributed by atoms with Gasteiger partial charge in [0.15, 0.2) is 0 Å². The highest BCUT2D eigenvalue weighted by molar-refractivity contribution is 6.75. The third kappa shape index (κ3) is 4.14. The molecule has 0 amide bonds. The Balaban J connectivity index is 3.03. The van der Waals surface area contributed by atoms with Crippen molar-refractivity contribution < 1.29 is 22.8 Å². The largest absolute Gasteiger partial charge is 0.537 e. The fourth-order valence-corrected chi connectivity index (χ4v) is 4.20. The van der Waals surface area contributed by atoms with Gasteiger partial charge in [-0.25, -0.2) is 0 Å². The van der Waals surface area contributed by atoms with Crippen molar-refractivity contribution in [2.24, 2.45) is 0 Å². The van der Waals surface area contributed by atoms with E-state index in [4.69, 9.17) is 18.0 Å². The van der Waals surface area contributed by atoms with Gasteiger partial charge in [0.05, 0.1) is 0 Å². The third-order valence-electron chi connectivity index (χ3n) is 2.40. The molecule has 106 valence electrons. The van der Waals surface area contributed by atoms with Crippen LogP contribution in [0, 0.1) is 0 Å². The van der Waals surface area contributed by atoms with Gasteiger partial charge in [-0.15, -0.1) is 0 Å². The first kappa shape index (κ1) is 15.8. The Hall–Kier alpha value is -1.21. The monoisotopic (exact) mass is 284 g/mol. The van der Waals surface area contributed by atoms with Gasteiger partial charge in [-0.2, -0.15) is 0 Å². The van der Waals surface area contributed by atoms with Crippen molar-refractivity contribution in [3.8, 4) is 5.75 Å². The molecule has 19 heavy (non-hydrogen) atoms. The quantitative estimate of drug-likeness (QED) is 0.508. The first-order valence-corrected chi connectivity index (χ1v) is 8.07. The molecule has 0 saturated heterocycles. The van der Waals surface area contributed by atoms with Crippen LogP contribution in [0.15, 0.2) is 24.3 Å². The molecule has 0 atom stereocenters. The maximum atomic E-state index is 10.3. The molecule has 1 rings (SSSR count). The van der Waals surface area contributed by atoms with Crippen LogP contribution in [0.5, 0.6) is 5.75 Å². The summed E-state index contributed by atoms with van der Waals surface area (Å²) < 4.78 is 22.1. The van der Waals surface area contributed by atoms with Gasteiger partial charge in [0, 0.05) is 25.0 Å². The SMILES string of the molecule is CCO[Si](OCC)(OCC)c1ccc(OC=O)cc1. The van der Waals surface area contributed by atoms with Crippen molar-refractivity contribution in [1.82, 2.24) is 0 Å². The Morgan fingerprint density at radius 1 is 0.947 bits per heavy atom. The lowest BCUT2D eigenvalue weighted by Crippen LogP contribution is -2.56. The van der Waals surface area contributed by atoms with E-state index in [0.717, 1.165) is 5.19 Å². The van der Waals surface area contributed by atoms with E-state index in [1.54, 1.807) is 12.1 Å². The molecule has 0 fully saturated rings.